The first kappa shape index (κ1) is 19.0. The first-order chi connectivity index (χ1) is 13.6. The van der Waals surface area contributed by atoms with Crippen LogP contribution in [0.1, 0.15) is 49.4 Å². The van der Waals surface area contributed by atoms with Gasteiger partial charge in [-0.15, -0.1) is 0 Å². The van der Waals surface area contributed by atoms with Gasteiger partial charge >= 0.3 is 5.63 Å². The van der Waals surface area contributed by atoms with E-state index in [2.05, 4.69) is 30.9 Å². The van der Waals surface area contributed by atoms with Crippen molar-refractivity contribution in [3.63, 3.8) is 0 Å². The van der Waals surface area contributed by atoms with E-state index in [9.17, 15) is 4.79 Å². The Morgan fingerprint density at radius 3 is 2.75 bits per heavy atom. The third-order valence-electron chi connectivity index (χ3n) is 5.49. The minimum atomic E-state index is -0.323. The molecule has 0 aliphatic carbocycles. The molecule has 4 nitrogen and oxygen atoms in total. The van der Waals surface area contributed by atoms with Crippen molar-refractivity contribution < 1.29 is 9.15 Å². The average Bonchev–Trinajstić information content (AvgIpc) is 2.72. The van der Waals surface area contributed by atoms with Gasteiger partial charge in [0, 0.05) is 24.0 Å². The molecule has 1 atom stereocenters. The van der Waals surface area contributed by atoms with Crippen molar-refractivity contribution in [3.8, 4) is 5.75 Å². The fourth-order valence-electron chi connectivity index (χ4n) is 3.83. The molecular weight excluding hydrogens is 374 g/mol. The maximum atomic E-state index is 12.2. The molecule has 0 bridgehead atoms. The molecule has 1 aliphatic heterocycles. The number of hydrogen-bond acceptors (Lipinski definition) is 4. The number of benzene rings is 2. The molecular formula is C23H24ClNO3. The smallest absolute Gasteiger partial charge is 0.336 e. The van der Waals surface area contributed by atoms with Gasteiger partial charge < -0.3 is 9.15 Å². The van der Waals surface area contributed by atoms with Crippen LogP contribution >= 0.6 is 11.6 Å². The Labute approximate surface area is 169 Å². The van der Waals surface area contributed by atoms with Crippen molar-refractivity contribution in [2.24, 2.45) is 0 Å². The monoisotopic (exact) mass is 397 g/mol. The minimum Gasteiger partial charge on any atom is -0.476 e. The van der Waals surface area contributed by atoms with E-state index in [0.717, 1.165) is 35.8 Å². The maximum absolute atomic E-state index is 12.2. The summed E-state index contributed by atoms with van der Waals surface area (Å²) in [4.78, 5) is 14.4. The van der Waals surface area contributed by atoms with Crippen LogP contribution in [0.4, 0.5) is 0 Å². The zero-order chi connectivity index (χ0) is 19.7. The van der Waals surface area contributed by atoms with Gasteiger partial charge in [-0.3, -0.25) is 4.90 Å². The Morgan fingerprint density at radius 1 is 1.21 bits per heavy atom. The normalized spacial score (nSPS) is 15.2. The summed E-state index contributed by atoms with van der Waals surface area (Å²) in [5, 5.41) is 1.48. The van der Waals surface area contributed by atoms with Crippen LogP contribution in [-0.4, -0.2) is 11.6 Å². The molecule has 4 rings (SSSR count). The molecule has 0 spiro atoms. The highest BCUT2D eigenvalue weighted by atomic mass is 35.5. The minimum absolute atomic E-state index is 0.165. The van der Waals surface area contributed by atoms with E-state index in [1.807, 2.05) is 24.3 Å². The van der Waals surface area contributed by atoms with Crippen LogP contribution in [-0.2, 0) is 13.0 Å². The van der Waals surface area contributed by atoms with E-state index >= 15 is 0 Å². The Hall–Kier alpha value is -2.30. The van der Waals surface area contributed by atoms with Crippen molar-refractivity contribution in [1.82, 2.24) is 4.90 Å². The lowest BCUT2D eigenvalue weighted by molar-refractivity contribution is 0.0621. The van der Waals surface area contributed by atoms with Crippen LogP contribution in [0.2, 0.25) is 5.02 Å². The summed E-state index contributed by atoms with van der Waals surface area (Å²) in [6.45, 7) is 5.34. The molecule has 146 valence electrons. The highest BCUT2D eigenvalue weighted by molar-refractivity contribution is 6.33. The number of nitrogens with zero attached hydrogens (tertiary/aromatic N) is 1. The van der Waals surface area contributed by atoms with E-state index in [1.54, 1.807) is 6.07 Å². The molecule has 0 radical (unpaired) electrons. The summed E-state index contributed by atoms with van der Waals surface area (Å²) in [6.07, 6.45) is 2.91. The Balaban J connectivity index is 1.78. The van der Waals surface area contributed by atoms with Crippen molar-refractivity contribution >= 4 is 22.6 Å². The van der Waals surface area contributed by atoms with Gasteiger partial charge in [0.15, 0.2) is 0 Å². The number of halogens is 1. The average molecular weight is 398 g/mol. The van der Waals surface area contributed by atoms with Crippen molar-refractivity contribution in [2.75, 3.05) is 6.73 Å². The van der Waals surface area contributed by atoms with Crippen LogP contribution in [0.3, 0.4) is 0 Å². The Bertz CT molecular complexity index is 1050. The number of unbranched alkanes of at least 4 members (excludes halogenated alkanes) is 1. The number of hydrogen-bond donors (Lipinski definition) is 0. The quantitative estimate of drug-likeness (QED) is 0.518. The van der Waals surface area contributed by atoms with Crippen LogP contribution in [0.5, 0.6) is 5.75 Å². The van der Waals surface area contributed by atoms with Crippen LogP contribution in [0.15, 0.2) is 51.7 Å². The molecule has 5 heteroatoms. The predicted molar refractivity (Wildman–Crippen MR) is 112 cm³/mol. The molecule has 0 amide bonds. The molecule has 0 saturated carbocycles. The lowest BCUT2D eigenvalue weighted by Gasteiger charge is -2.34. The van der Waals surface area contributed by atoms with Gasteiger partial charge in [0.1, 0.15) is 18.1 Å². The standard InChI is InChI=1S/C23H24ClNO3/c1-3-4-8-17-11-21(26)28-22-18(17)12-20(24)23-19(22)13-25(14-27-23)15(2)16-9-6-5-7-10-16/h5-7,9-12,15H,3-4,8,13-14H2,1-2H3. The van der Waals surface area contributed by atoms with Crippen LogP contribution in [0.25, 0.3) is 11.0 Å². The molecule has 0 N–H and O–H groups in total. The highest BCUT2D eigenvalue weighted by Crippen LogP contribution is 2.41. The first-order valence-electron chi connectivity index (χ1n) is 9.78. The van der Waals surface area contributed by atoms with Crippen molar-refractivity contribution in [2.45, 2.75) is 45.7 Å². The summed E-state index contributed by atoms with van der Waals surface area (Å²) >= 11 is 6.55. The molecule has 1 aliphatic rings. The second-order valence-electron chi connectivity index (χ2n) is 7.34. The zero-order valence-corrected chi connectivity index (χ0v) is 17.0. The lowest BCUT2D eigenvalue weighted by Crippen LogP contribution is -2.34. The van der Waals surface area contributed by atoms with Gasteiger partial charge in [0.05, 0.1) is 10.6 Å². The SMILES string of the molecule is CCCCc1cc(=O)oc2c3c(c(Cl)cc12)OCN(C(C)c1ccccc1)C3. The van der Waals surface area contributed by atoms with Gasteiger partial charge in [0.25, 0.3) is 0 Å². The van der Waals surface area contributed by atoms with E-state index in [-0.39, 0.29) is 11.7 Å². The van der Waals surface area contributed by atoms with Crippen LogP contribution in [0, 0.1) is 0 Å². The molecule has 2 heterocycles. The molecule has 2 aromatic carbocycles. The highest BCUT2D eigenvalue weighted by Gasteiger charge is 2.28. The fraction of sp³-hybridized carbons (Fsp3) is 0.348. The summed E-state index contributed by atoms with van der Waals surface area (Å²) in [5.74, 6) is 0.626. The third-order valence-corrected chi connectivity index (χ3v) is 5.77. The van der Waals surface area contributed by atoms with Gasteiger partial charge in [0.2, 0.25) is 0 Å². The lowest BCUT2D eigenvalue weighted by atomic mass is 10.00. The first-order valence-corrected chi connectivity index (χ1v) is 10.2. The fourth-order valence-corrected chi connectivity index (χ4v) is 4.11. The van der Waals surface area contributed by atoms with Gasteiger partial charge in [-0.05, 0) is 37.0 Å². The topological polar surface area (TPSA) is 42.7 Å². The molecule has 1 aromatic heterocycles. The number of fused-ring (bicyclic) bond motifs is 3. The number of ether oxygens (including phenoxy) is 1. The molecule has 3 aromatic rings. The Kier molecular flexibility index (Phi) is 5.42. The maximum Gasteiger partial charge on any atom is 0.336 e. The molecule has 28 heavy (non-hydrogen) atoms. The zero-order valence-electron chi connectivity index (χ0n) is 16.2. The van der Waals surface area contributed by atoms with E-state index < -0.39 is 0 Å². The summed E-state index contributed by atoms with van der Waals surface area (Å²) in [5.41, 5.74) is 3.34. The summed E-state index contributed by atoms with van der Waals surface area (Å²) in [6, 6.07) is 13.9. The molecule has 0 fully saturated rings. The predicted octanol–water partition coefficient (Wildman–Crippen LogP) is 5.70. The number of rotatable bonds is 5. The van der Waals surface area contributed by atoms with E-state index in [4.69, 9.17) is 20.8 Å². The van der Waals surface area contributed by atoms with Crippen LogP contribution < -0.4 is 10.4 Å². The second kappa shape index (κ2) is 7.98. The van der Waals surface area contributed by atoms with Crippen molar-refractivity contribution in [3.05, 3.63) is 74.6 Å². The van der Waals surface area contributed by atoms with Crippen molar-refractivity contribution in [1.29, 1.82) is 0 Å². The van der Waals surface area contributed by atoms with E-state index in [1.165, 1.54) is 5.56 Å². The largest absolute Gasteiger partial charge is 0.476 e. The molecule has 0 saturated heterocycles. The van der Waals surface area contributed by atoms with Gasteiger partial charge in [-0.2, -0.15) is 0 Å². The van der Waals surface area contributed by atoms with Gasteiger partial charge in [-0.1, -0.05) is 55.3 Å². The summed E-state index contributed by atoms with van der Waals surface area (Å²) in [7, 11) is 0. The number of aryl methyl sites for hydroxylation is 1. The second-order valence-corrected chi connectivity index (χ2v) is 7.75. The summed E-state index contributed by atoms with van der Waals surface area (Å²) < 4.78 is 11.7. The van der Waals surface area contributed by atoms with Gasteiger partial charge in [-0.25, -0.2) is 4.79 Å². The third kappa shape index (κ3) is 3.54. The molecule has 1 unspecified atom stereocenters. The Morgan fingerprint density at radius 2 is 2.00 bits per heavy atom. The van der Waals surface area contributed by atoms with E-state index in [0.29, 0.717) is 29.6 Å².